The summed E-state index contributed by atoms with van der Waals surface area (Å²) < 4.78 is 0. The Morgan fingerprint density at radius 3 is 2.61 bits per heavy atom. The van der Waals surface area contributed by atoms with Crippen LogP contribution >= 0.6 is 22.9 Å². The summed E-state index contributed by atoms with van der Waals surface area (Å²) in [7, 11) is 0. The molecule has 0 radical (unpaired) electrons. The molecule has 1 aromatic carbocycles. The molecule has 0 aliphatic carbocycles. The first-order valence-electron chi connectivity index (χ1n) is 5.66. The van der Waals surface area contributed by atoms with Gasteiger partial charge in [0.25, 0.3) is 0 Å². The van der Waals surface area contributed by atoms with Crippen LogP contribution in [0.2, 0.25) is 5.02 Å². The van der Waals surface area contributed by atoms with Gasteiger partial charge in [-0.2, -0.15) is 5.26 Å². The summed E-state index contributed by atoms with van der Waals surface area (Å²) in [4.78, 5) is 1.93. The van der Waals surface area contributed by atoms with Crippen molar-refractivity contribution in [3.63, 3.8) is 0 Å². The normalized spacial score (nSPS) is 12.1. The number of nitrogens with zero attached hydrogens (tertiary/aromatic N) is 1. The van der Waals surface area contributed by atoms with Crippen LogP contribution in [0, 0.1) is 11.3 Å². The molecule has 2 aromatic rings. The van der Waals surface area contributed by atoms with Gasteiger partial charge in [0.1, 0.15) is 10.9 Å². The van der Waals surface area contributed by atoms with Crippen LogP contribution in [0.15, 0.2) is 36.4 Å². The third kappa shape index (κ3) is 3.33. The van der Waals surface area contributed by atoms with Gasteiger partial charge in [0.2, 0.25) is 0 Å². The smallest absolute Gasteiger partial charge is 0.110 e. The van der Waals surface area contributed by atoms with Crippen molar-refractivity contribution in [1.29, 1.82) is 5.26 Å². The number of hydrogen-bond donors (Lipinski definition) is 1. The molecule has 1 aromatic heterocycles. The molecular formula is C14H13ClN2S. The second-order valence-corrected chi connectivity index (χ2v) is 5.64. The summed E-state index contributed by atoms with van der Waals surface area (Å²) in [5.41, 5.74) is 1.21. The van der Waals surface area contributed by atoms with Crippen molar-refractivity contribution in [1.82, 2.24) is 5.32 Å². The van der Waals surface area contributed by atoms with Gasteiger partial charge < -0.3 is 5.32 Å². The van der Waals surface area contributed by atoms with Gasteiger partial charge in [0.15, 0.2) is 0 Å². The third-order valence-electron chi connectivity index (χ3n) is 2.72. The number of halogens is 1. The first-order chi connectivity index (χ1) is 8.69. The van der Waals surface area contributed by atoms with Crippen LogP contribution < -0.4 is 5.32 Å². The van der Waals surface area contributed by atoms with E-state index in [-0.39, 0.29) is 6.04 Å². The second-order valence-electron chi connectivity index (χ2n) is 4.03. The molecule has 0 aliphatic heterocycles. The summed E-state index contributed by atoms with van der Waals surface area (Å²) in [6.45, 7) is 2.89. The fourth-order valence-corrected chi connectivity index (χ4v) is 2.54. The van der Waals surface area contributed by atoms with Crippen LogP contribution in [0.4, 0.5) is 0 Å². The highest BCUT2D eigenvalue weighted by Gasteiger charge is 2.06. The molecule has 0 aliphatic rings. The lowest BCUT2D eigenvalue weighted by molar-refractivity contribution is 0.579. The molecule has 18 heavy (non-hydrogen) atoms. The Kier molecular flexibility index (Phi) is 4.38. The Balaban J connectivity index is 1.94. The predicted octanol–water partition coefficient (Wildman–Crippen LogP) is 4.12. The van der Waals surface area contributed by atoms with E-state index in [1.807, 2.05) is 36.4 Å². The fraction of sp³-hybridized carbons (Fsp3) is 0.214. The maximum atomic E-state index is 8.76. The maximum Gasteiger partial charge on any atom is 0.110 e. The Labute approximate surface area is 116 Å². The minimum absolute atomic E-state index is 0.259. The number of thiophene rings is 1. The molecular weight excluding hydrogens is 264 g/mol. The van der Waals surface area contributed by atoms with Crippen LogP contribution in [0.3, 0.4) is 0 Å². The Morgan fingerprint density at radius 1 is 1.28 bits per heavy atom. The van der Waals surface area contributed by atoms with Crippen LogP contribution in [0.5, 0.6) is 0 Å². The van der Waals surface area contributed by atoms with Crippen molar-refractivity contribution in [3.8, 4) is 6.07 Å². The van der Waals surface area contributed by atoms with Gasteiger partial charge in [-0.3, -0.25) is 0 Å². The van der Waals surface area contributed by atoms with Crippen LogP contribution in [0.1, 0.15) is 28.3 Å². The lowest BCUT2D eigenvalue weighted by Gasteiger charge is -2.13. The summed E-state index contributed by atoms with van der Waals surface area (Å²) in [5, 5.41) is 12.9. The Morgan fingerprint density at radius 2 is 2.00 bits per heavy atom. The summed E-state index contributed by atoms with van der Waals surface area (Å²) in [5.74, 6) is 0. The molecule has 2 rings (SSSR count). The predicted molar refractivity (Wildman–Crippen MR) is 75.7 cm³/mol. The topological polar surface area (TPSA) is 35.8 Å². The van der Waals surface area contributed by atoms with Crippen molar-refractivity contribution >= 4 is 22.9 Å². The summed E-state index contributed by atoms with van der Waals surface area (Å²) in [6.07, 6.45) is 0. The average Bonchev–Trinajstić information content (AvgIpc) is 2.85. The molecule has 92 valence electrons. The molecule has 4 heteroatoms. The van der Waals surface area contributed by atoms with Gasteiger partial charge >= 0.3 is 0 Å². The van der Waals surface area contributed by atoms with E-state index in [4.69, 9.17) is 16.9 Å². The highest BCUT2D eigenvalue weighted by molar-refractivity contribution is 7.12. The molecule has 0 saturated carbocycles. The minimum Gasteiger partial charge on any atom is -0.305 e. The molecule has 0 fully saturated rings. The van der Waals surface area contributed by atoms with E-state index in [2.05, 4.69) is 18.3 Å². The second kappa shape index (κ2) is 6.01. The minimum atomic E-state index is 0.259. The largest absolute Gasteiger partial charge is 0.305 e. The highest BCUT2D eigenvalue weighted by atomic mass is 35.5. The standard InChI is InChI=1S/C14H13ClN2S/c1-10(11-2-4-12(15)5-3-11)17-9-14-7-6-13(8-16)18-14/h2-7,10,17H,9H2,1H3. The summed E-state index contributed by atoms with van der Waals surface area (Å²) >= 11 is 7.39. The molecule has 0 amide bonds. The number of rotatable bonds is 4. The van der Waals surface area contributed by atoms with E-state index in [0.29, 0.717) is 0 Å². The van der Waals surface area contributed by atoms with Gasteiger partial charge in [-0.1, -0.05) is 23.7 Å². The molecule has 1 N–H and O–H groups in total. The Bertz CT molecular complexity index is 554. The van der Waals surface area contributed by atoms with Crippen LogP contribution in [-0.2, 0) is 6.54 Å². The molecule has 0 spiro atoms. The zero-order valence-electron chi connectivity index (χ0n) is 9.98. The van der Waals surface area contributed by atoms with Gasteiger partial charge in [-0.05, 0) is 36.8 Å². The van der Waals surface area contributed by atoms with E-state index < -0.39 is 0 Å². The van der Waals surface area contributed by atoms with E-state index in [9.17, 15) is 0 Å². The van der Waals surface area contributed by atoms with Crippen molar-refractivity contribution in [2.24, 2.45) is 0 Å². The lowest BCUT2D eigenvalue weighted by Crippen LogP contribution is -2.17. The quantitative estimate of drug-likeness (QED) is 0.912. The molecule has 0 saturated heterocycles. The van der Waals surface area contributed by atoms with E-state index in [0.717, 1.165) is 16.4 Å². The van der Waals surface area contributed by atoms with Crippen molar-refractivity contribution in [2.75, 3.05) is 0 Å². The molecule has 0 bridgehead atoms. The molecule has 1 heterocycles. The Hall–Kier alpha value is -1.34. The SMILES string of the molecule is CC(NCc1ccc(C#N)s1)c1ccc(Cl)cc1. The third-order valence-corrected chi connectivity index (χ3v) is 3.97. The zero-order valence-corrected chi connectivity index (χ0v) is 11.6. The first kappa shape index (κ1) is 13.1. The maximum absolute atomic E-state index is 8.76. The average molecular weight is 277 g/mol. The van der Waals surface area contributed by atoms with Crippen LogP contribution in [-0.4, -0.2) is 0 Å². The first-order valence-corrected chi connectivity index (χ1v) is 6.86. The zero-order chi connectivity index (χ0) is 13.0. The van der Waals surface area contributed by atoms with Gasteiger partial charge in [-0.15, -0.1) is 11.3 Å². The number of hydrogen-bond acceptors (Lipinski definition) is 3. The fourth-order valence-electron chi connectivity index (χ4n) is 1.66. The van der Waals surface area contributed by atoms with Crippen molar-refractivity contribution < 1.29 is 0 Å². The van der Waals surface area contributed by atoms with Gasteiger partial charge in [0, 0.05) is 22.5 Å². The molecule has 1 unspecified atom stereocenters. The number of nitrogens with one attached hydrogen (secondary N) is 1. The number of nitriles is 1. The van der Waals surface area contributed by atoms with Gasteiger partial charge in [-0.25, -0.2) is 0 Å². The molecule has 1 atom stereocenters. The van der Waals surface area contributed by atoms with Crippen LogP contribution in [0.25, 0.3) is 0 Å². The lowest BCUT2D eigenvalue weighted by atomic mass is 10.1. The van der Waals surface area contributed by atoms with E-state index in [1.54, 1.807) is 0 Å². The summed E-state index contributed by atoms with van der Waals surface area (Å²) in [6, 6.07) is 14.1. The highest BCUT2D eigenvalue weighted by Crippen LogP contribution is 2.19. The monoisotopic (exact) mass is 276 g/mol. The van der Waals surface area contributed by atoms with Crippen molar-refractivity contribution in [3.05, 3.63) is 56.7 Å². The van der Waals surface area contributed by atoms with Crippen molar-refractivity contribution in [2.45, 2.75) is 19.5 Å². The van der Waals surface area contributed by atoms with E-state index in [1.165, 1.54) is 21.8 Å². The van der Waals surface area contributed by atoms with Gasteiger partial charge in [0.05, 0.1) is 0 Å². The van der Waals surface area contributed by atoms with E-state index >= 15 is 0 Å². The number of benzene rings is 1. The molecule has 2 nitrogen and oxygen atoms in total.